The van der Waals surface area contributed by atoms with Gasteiger partial charge >= 0.3 is 12.0 Å². The molecule has 0 fully saturated rings. The lowest BCUT2D eigenvalue weighted by atomic mass is 9.94. The average Bonchev–Trinajstić information content (AvgIpc) is 2.56. The van der Waals surface area contributed by atoms with Crippen molar-refractivity contribution in [3.8, 4) is 0 Å². The number of ether oxygens (including phenoxy) is 1. The zero-order chi connectivity index (χ0) is 17.9. The molecule has 0 aliphatic carbocycles. The van der Waals surface area contributed by atoms with E-state index >= 15 is 0 Å². The molecule has 2 rings (SSSR count). The van der Waals surface area contributed by atoms with Crippen LogP contribution in [0.3, 0.4) is 0 Å². The number of halogens is 1. The third kappa shape index (κ3) is 3.33. The molecule has 8 nitrogen and oxygen atoms in total. The Morgan fingerprint density at radius 3 is 2.79 bits per heavy atom. The molecule has 0 aromatic heterocycles. The number of nitrogens with one attached hydrogen (secondary N) is 1. The van der Waals surface area contributed by atoms with E-state index in [-0.39, 0.29) is 23.7 Å². The van der Waals surface area contributed by atoms with E-state index < -0.39 is 23.0 Å². The van der Waals surface area contributed by atoms with Crippen molar-refractivity contribution < 1.29 is 19.2 Å². The van der Waals surface area contributed by atoms with Crippen LogP contribution in [-0.4, -0.2) is 41.4 Å². The van der Waals surface area contributed by atoms with Crippen LogP contribution in [0.1, 0.15) is 18.5 Å². The molecule has 2 amide bonds. The summed E-state index contributed by atoms with van der Waals surface area (Å²) in [4.78, 5) is 36.2. The van der Waals surface area contributed by atoms with E-state index in [1.54, 1.807) is 13.0 Å². The fourth-order valence-corrected chi connectivity index (χ4v) is 2.76. The number of hydrogen-bond acceptors (Lipinski definition) is 5. The molecule has 0 saturated heterocycles. The molecule has 1 aromatic carbocycles. The zero-order valence-electron chi connectivity index (χ0n) is 13.1. The molecule has 128 valence electrons. The van der Waals surface area contributed by atoms with Crippen molar-refractivity contribution in [3.05, 3.63) is 51.2 Å². The maximum Gasteiger partial charge on any atom is 0.338 e. The highest BCUT2D eigenvalue weighted by Gasteiger charge is 2.36. The number of nitro groups is 1. The van der Waals surface area contributed by atoms with Gasteiger partial charge in [0, 0.05) is 24.9 Å². The lowest BCUT2D eigenvalue weighted by Crippen LogP contribution is -2.47. The number of esters is 1. The third-order valence-corrected chi connectivity index (χ3v) is 3.87. The Morgan fingerprint density at radius 2 is 2.21 bits per heavy atom. The molecule has 0 saturated carbocycles. The summed E-state index contributed by atoms with van der Waals surface area (Å²) in [7, 11) is 1.48. The first-order valence-electron chi connectivity index (χ1n) is 7.15. The Labute approximate surface area is 143 Å². The zero-order valence-corrected chi connectivity index (χ0v) is 13.9. The number of non-ortho nitro benzene ring substituents is 1. The topological polar surface area (TPSA) is 102 Å². The molecule has 24 heavy (non-hydrogen) atoms. The highest BCUT2D eigenvalue weighted by atomic mass is 35.5. The summed E-state index contributed by atoms with van der Waals surface area (Å²) in [6.45, 7) is 1.81. The quantitative estimate of drug-likeness (QED) is 0.379. The summed E-state index contributed by atoms with van der Waals surface area (Å²) in [6, 6.07) is 4.38. The van der Waals surface area contributed by atoms with Gasteiger partial charge in [-0.15, -0.1) is 11.6 Å². The van der Waals surface area contributed by atoms with Gasteiger partial charge in [0.15, 0.2) is 0 Å². The largest absolute Gasteiger partial charge is 0.463 e. The monoisotopic (exact) mass is 353 g/mol. The third-order valence-electron chi connectivity index (χ3n) is 3.61. The maximum absolute atomic E-state index is 12.4. The van der Waals surface area contributed by atoms with Gasteiger partial charge in [0.25, 0.3) is 5.69 Å². The van der Waals surface area contributed by atoms with Crippen molar-refractivity contribution in [2.75, 3.05) is 19.5 Å². The summed E-state index contributed by atoms with van der Waals surface area (Å²) in [5.41, 5.74) is 0.720. The van der Waals surface area contributed by atoms with E-state index in [4.69, 9.17) is 16.3 Å². The molecular weight excluding hydrogens is 338 g/mol. The number of rotatable bonds is 5. The number of amides is 2. The van der Waals surface area contributed by atoms with Crippen LogP contribution in [0.25, 0.3) is 0 Å². The fraction of sp³-hybridized carbons (Fsp3) is 0.333. The van der Waals surface area contributed by atoms with Gasteiger partial charge in [0.1, 0.15) is 0 Å². The summed E-state index contributed by atoms with van der Waals surface area (Å²) in [6.07, 6.45) is 0. The standard InChI is InChI=1S/C15H16ClN3O5/c1-3-24-14(20)12-11(8-16)18(2)15(21)17-13(12)9-5-4-6-10(7-9)19(22)23/h4-7,13H,3,8H2,1-2H3,(H,17,21)/t13-/m0/s1. The molecule has 1 aromatic rings. The van der Waals surface area contributed by atoms with Gasteiger partial charge in [-0.25, -0.2) is 9.59 Å². The van der Waals surface area contributed by atoms with Crippen LogP contribution in [0, 0.1) is 10.1 Å². The van der Waals surface area contributed by atoms with Crippen molar-refractivity contribution >= 4 is 29.3 Å². The van der Waals surface area contributed by atoms with Gasteiger partial charge in [-0.3, -0.25) is 15.0 Å². The van der Waals surface area contributed by atoms with Crippen molar-refractivity contribution in [2.45, 2.75) is 13.0 Å². The van der Waals surface area contributed by atoms with Gasteiger partial charge in [-0.2, -0.15) is 0 Å². The van der Waals surface area contributed by atoms with Crippen LogP contribution >= 0.6 is 11.6 Å². The number of carbonyl (C=O) groups excluding carboxylic acids is 2. The first-order chi connectivity index (χ1) is 11.4. The molecule has 1 aliphatic heterocycles. The van der Waals surface area contributed by atoms with E-state index in [0.29, 0.717) is 11.3 Å². The summed E-state index contributed by atoms with van der Waals surface area (Å²) in [5.74, 6) is -0.708. The van der Waals surface area contributed by atoms with Crippen molar-refractivity contribution in [1.29, 1.82) is 0 Å². The predicted octanol–water partition coefficient (Wildman–Crippen LogP) is 2.35. The number of nitrogens with zero attached hydrogens (tertiary/aromatic N) is 2. The maximum atomic E-state index is 12.4. The van der Waals surface area contributed by atoms with Gasteiger partial charge in [0.2, 0.25) is 0 Å². The second kappa shape index (κ2) is 7.31. The molecule has 0 spiro atoms. The predicted molar refractivity (Wildman–Crippen MR) is 86.5 cm³/mol. The second-order valence-electron chi connectivity index (χ2n) is 5.01. The van der Waals surface area contributed by atoms with Crippen molar-refractivity contribution in [3.63, 3.8) is 0 Å². The highest BCUT2D eigenvalue weighted by molar-refractivity contribution is 6.20. The average molecular weight is 354 g/mol. The van der Waals surface area contributed by atoms with Gasteiger partial charge in [0.05, 0.1) is 29.0 Å². The normalized spacial score (nSPS) is 17.5. The van der Waals surface area contributed by atoms with E-state index in [9.17, 15) is 19.7 Å². The molecule has 1 atom stereocenters. The number of benzene rings is 1. The molecule has 0 bridgehead atoms. The van der Waals surface area contributed by atoms with Crippen molar-refractivity contribution in [1.82, 2.24) is 10.2 Å². The van der Waals surface area contributed by atoms with Gasteiger partial charge in [-0.1, -0.05) is 12.1 Å². The van der Waals surface area contributed by atoms with E-state index in [1.807, 2.05) is 0 Å². The molecule has 9 heteroatoms. The van der Waals surface area contributed by atoms with Crippen molar-refractivity contribution in [2.24, 2.45) is 0 Å². The molecular formula is C15H16ClN3O5. The lowest BCUT2D eigenvalue weighted by Gasteiger charge is -2.33. The SMILES string of the molecule is CCOC(=O)C1=C(CCl)N(C)C(=O)N[C@H]1c1cccc([N+](=O)[O-])c1. The highest BCUT2D eigenvalue weighted by Crippen LogP contribution is 2.32. The summed E-state index contributed by atoms with van der Waals surface area (Å²) >= 11 is 5.92. The number of urea groups is 1. The van der Waals surface area contributed by atoms with Crippen LogP contribution in [-0.2, 0) is 9.53 Å². The van der Waals surface area contributed by atoms with Gasteiger partial charge < -0.3 is 10.1 Å². The van der Waals surface area contributed by atoms with Crippen LogP contribution in [0.2, 0.25) is 0 Å². The molecule has 0 radical (unpaired) electrons. The summed E-state index contributed by atoms with van der Waals surface area (Å²) in [5, 5.41) is 13.6. The van der Waals surface area contributed by atoms with Crippen LogP contribution in [0.15, 0.2) is 35.5 Å². The van der Waals surface area contributed by atoms with E-state index in [0.717, 1.165) is 0 Å². The summed E-state index contributed by atoms with van der Waals surface area (Å²) < 4.78 is 5.06. The van der Waals surface area contributed by atoms with E-state index in [2.05, 4.69) is 5.32 Å². The van der Waals surface area contributed by atoms with Gasteiger partial charge in [-0.05, 0) is 12.5 Å². The molecule has 1 heterocycles. The van der Waals surface area contributed by atoms with E-state index in [1.165, 1.54) is 30.1 Å². The smallest absolute Gasteiger partial charge is 0.338 e. The number of alkyl halides is 1. The minimum absolute atomic E-state index is 0.0799. The Kier molecular flexibility index (Phi) is 5.40. The number of carbonyl (C=O) groups is 2. The Balaban J connectivity index is 2.58. The first kappa shape index (κ1) is 17.7. The minimum Gasteiger partial charge on any atom is -0.463 e. The first-order valence-corrected chi connectivity index (χ1v) is 7.68. The number of allylic oxidation sites excluding steroid dienone is 1. The molecule has 0 unspecified atom stereocenters. The fourth-order valence-electron chi connectivity index (χ4n) is 2.44. The van der Waals surface area contributed by atoms with Crippen LogP contribution in [0.5, 0.6) is 0 Å². The Morgan fingerprint density at radius 1 is 1.50 bits per heavy atom. The Hall–Kier alpha value is -2.61. The second-order valence-corrected chi connectivity index (χ2v) is 5.28. The number of hydrogen-bond donors (Lipinski definition) is 1. The van der Waals surface area contributed by atoms with Crippen LogP contribution < -0.4 is 5.32 Å². The minimum atomic E-state index is -0.874. The Bertz CT molecular complexity index is 719. The molecule has 1 N–H and O–H groups in total. The number of nitro benzene ring substituents is 1. The lowest BCUT2D eigenvalue weighted by molar-refractivity contribution is -0.384. The molecule has 1 aliphatic rings. The van der Waals surface area contributed by atoms with Crippen LogP contribution in [0.4, 0.5) is 10.5 Å².